The standard InChI is InChI=1S/C11H16BrN3O/c1-8-7-15(6-4-9(8)12)11(16)10-3-5-13-14(10)2/h3,5,8-9H,4,6-7H2,1-2H3. The first-order valence-electron chi connectivity index (χ1n) is 5.51. The number of nitrogens with zero attached hydrogens (tertiary/aromatic N) is 3. The Morgan fingerprint density at radius 2 is 2.38 bits per heavy atom. The molecule has 1 aromatic rings. The summed E-state index contributed by atoms with van der Waals surface area (Å²) in [6, 6.07) is 1.77. The predicted molar refractivity (Wildman–Crippen MR) is 65.6 cm³/mol. The van der Waals surface area contributed by atoms with Gasteiger partial charge in [-0.2, -0.15) is 5.10 Å². The monoisotopic (exact) mass is 285 g/mol. The topological polar surface area (TPSA) is 38.1 Å². The number of alkyl halides is 1. The molecular weight excluding hydrogens is 270 g/mol. The van der Waals surface area contributed by atoms with Gasteiger partial charge in [0, 0.05) is 31.2 Å². The number of amides is 1. The smallest absolute Gasteiger partial charge is 0.272 e. The first-order valence-corrected chi connectivity index (χ1v) is 6.42. The van der Waals surface area contributed by atoms with Crippen LogP contribution in [0.15, 0.2) is 12.3 Å². The Hall–Kier alpha value is -0.840. The summed E-state index contributed by atoms with van der Waals surface area (Å²) in [5, 5.41) is 4.03. The van der Waals surface area contributed by atoms with Crippen LogP contribution in [0.25, 0.3) is 0 Å². The van der Waals surface area contributed by atoms with Crippen LogP contribution in [0.4, 0.5) is 0 Å². The van der Waals surface area contributed by atoms with Crippen molar-refractivity contribution >= 4 is 21.8 Å². The summed E-state index contributed by atoms with van der Waals surface area (Å²) in [5.41, 5.74) is 0.667. The molecule has 1 saturated heterocycles. The van der Waals surface area contributed by atoms with E-state index >= 15 is 0 Å². The maximum absolute atomic E-state index is 12.2. The van der Waals surface area contributed by atoms with Crippen LogP contribution in [0.1, 0.15) is 23.8 Å². The first kappa shape index (κ1) is 11.6. The molecule has 1 aliphatic rings. The van der Waals surface area contributed by atoms with E-state index in [0.29, 0.717) is 16.4 Å². The van der Waals surface area contributed by atoms with Crippen molar-refractivity contribution in [3.05, 3.63) is 18.0 Å². The first-order chi connectivity index (χ1) is 7.59. The van der Waals surface area contributed by atoms with Gasteiger partial charge in [0.1, 0.15) is 5.69 Å². The Balaban J connectivity index is 2.09. The van der Waals surface area contributed by atoms with E-state index in [1.54, 1.807) is 24.0 Å². The van der Waals surface area contributed by atoms with E-state index in [4.69, 9.17) is 0 Å². The zero-order valence-corrected chi connectivity index (χ0v) is 11.1. The molecule has 1 aliphatic heterocycles. The minimum absolute atomic E-state index is 0.0891. The van der Waals surface area contributed by atoms with Gasteiger partial charge in [-0.05, 0) is 18.4 Å². The van der Waals surface area contributed by atoms with Crippen LogP contribution in [-0.4, -0.2) is 38.5 Å². The molecule has 1 aromatic heterocycles. The van der Waals surface area contributed by atoms with Crippen molar-refractivity contribution < 1.29 is 4.79 Å². The molecule has 2 heterocycles. The highest BCUT2D eigenvalue weighted by molar-refractivity contribution is 9.09. The molecule has 0 N–H and O–H groups in total. The Kier molecular flexibility index (Phi) is 3.33. The molecule has 4 nitrogen and oxygen atoms in total. The van der Waals surface area contributed by atoms with Gasteiger partial charge >= 0.3 is 0 Å². The quantitative estimate of drug-likeness (QED) is 0.736. The van der Waals surface area contributed by atoms with Gasteiger partial charge in [0.2, 0.25) is 0 Å². The average molecular weight is 286 g/mol. The zero-order chi connectivity index (χ0) is 11.7. The summed E-state index contributed by atoms with van der Waals surface area (Å²) >= 11 is 3.64. The van der Waals surface area contributed by atoms with Crippen LogP contribution in [0.2, 0.25) is 0 Å². The van der Waals surface area contributed by atoms with E-state index in [2.05, 4.69) is 28.0 Å². The van der Waals surface area contributed by atoms with Gasteiger partial charge in [0.25, 0.3) is 5.91 Å². The number of rotatable bonds is 1. The van der Waals surface area contributed by atoms with Crippen LogP contribution in [0.3, 0.4) is 0 Å². The zero-order valence-electron chi connectivity index (χ0n) is 9.56. The lowest BCUT2D eigenvalue weighted by Crippen LogP contribution is -2.43. The molecule has 0 radical (unpaired) electrons. The van der Waals surface area contributed by atoms with Gasteiger partial charge in [-0.25, -0.2) is 0 Å². The van der Waals surface area contributed by atoms with Crippen LogP contribution in [0, 0.1) is 5.92 Å². The second kappa shape index (κ2) is 4.57. The molecule has 88 valence electrons. The Labute approximate surface area is 104 Å². The van der Waals surface area contributed by atoms with Crippen molar-refractivity contribution in [2.24, 2.45) is 13.0 Å². The number of likely N-dealkylation sites (tertiary alicyclic amines) is 1. The Morgan fingerprint density at radius 3 is 2.94 bits per heavy atom. The van der Waals surface area contributed by atoms with Crippen molar-refractivity contribution in [1.29, 1.82) is 0 Å². The van der Waals surface area contributed by atoms with Crippen molar-refractivity contribution in [2.45, 2.75) is 18.2 Å². The van der Waals surface area contributed by atoms with Crippen LogP contribution in [0.5, 0.6) is 0 Å². The number of aryl methyl sites for hydroxylation is 1. The van der Waals surface area contributed by atoms with Crippen LogP contribution >= 0.6 is 15.9 Å². The summed E-state index contributed by atoms with van der Waals surface area (Å²) < 4.78 is 1.63. The van der Waals surface area contributed by atoms with E-state index in [9.17, 15) is 4.79 Å². The summed E-state index contributed by atoms with van der Waals surface area (Å²) in [6.45, 7) is 3.81. The van der Waals surface area contributed by atoms with E-state index in [1.165, 1.54) is 0 Å². The molecule has 0 spiro atoms. The van der Waals surface area contributed by atoms with Crippen molar-refractivity contribution in [1.82, 2.24) is 14.7 Å². The van der Waals surface area contributed by atoms with E-state index in [0.717, 1.165) is 19.5 Å². The maximum Gasteiger partial charge on any atom is 0.272 e. The molecule has 2 rings (SSSR count). The number of halogens is 1. The van der Waals surface area contributed by atoms with Gasteiger partial charge in [0.05, 0.1) is 0 Å². The number of hydrogen-bond donors (Lipinski definition) is 0. The third-order valence-corrected chi connectivity index (χ3v) is 4.49. The number of piperidine rings is 1. The lowest BCUT2D eigenvalue weighted by atomic mass is 10.00. The summed E-state index contributed by atoms with van der Waals surface area (Å²) in [4.78, 5) is 14.6. The number of hydrogen-bond acceptors (Lipinski definition) is 2. The normalized spacial score (nSPS) is 25.8. The highest BCUT2D eigenvalue weighted by atomic mass is 79.9. The average Bonchev–Trinajstić information content (AvgIpc) is 2.67. The largest absolute Gasteiger partial charge is 0.337 e. The molecule has 0 bridgehead atoms. The third kappa shape index (κ3) is 2.14. The molecule has 1 amide bonds. The molecule has 1 fully saturated rings. The minimum Gasteiger partial charge on any atom is -0.337 e. The van der Waals surface area contributed by atoms with Gasteiger partial charge in [-0.3, -0.25) is 9.48 Å². The van der Waals surface area contributed by atoms with Gasteiger partial charge in [-0.1, -0.05) is 22.9 Å². The number of aromatic nitrogens is 2. The fraction of sp³-hybridized carbons (Fsp3) is 0.636. The minimum atomic E-state index is 0.0891. The summed E-state index contributed by atoms with van der Waals surface area (Å²) in [6.07, 6.45) is 2.68. The van der Waals surface area contributed by atoms with Crippen LogP contribution < -0.4 is 0 Å². The molecule has 0 aliphatic carbocycles. The van der Waals surface area contributed by atoms with Crippen molar-refractivity contribution in [3.63, 3.8) is 0 Å². The highest BCUT2D eigenvalue weighted by Crippen LogP contribution is 2.24. The molecule has 2 atom stereocenters. The number of carbonyl (C=O) groups excluding carboxylic acids is 1. The fourth-order valence-electron chi connectivity index (χ4n) is 2.05. The molecular formula is C11H16BrN3O. The van der Waals surface area contributed by atoms with E-state index in [-0.39, 0.29) is 5.91 Å². The van der Waals surface area contributed by atoms with Crippen LogP contribution in [-0.2, 0) is 7.05 Å². The summed E-state index contributed by atoms with van der Waals surface area (Å²) in [7, 11) is 1.80. The van der Waals surface area contributed by atoms with Gasteiger partial charge in [0.15, 0.2) is 0 Å². The summed E-state index contributed by atoms with van der Waals surface area (Å²) in [5.74, 6) is 0.595. The van der Waals surface area contributed by atoms with Gasteiger partial charge in [-0.15, -0.1) is 0 Å². The lowest BCUT2D eigenvalue weighted by molar-refractivity contribution is 0.0679. The molecule has 0 saturated carbocycles. The molecule has 5 heteroatoms. The molecule has 2 unspecified atom stereocenters. The highest BCUT2D eigenvalue weighted by Gasteiger charge is 2.28. The second-order valence-corrected chi connectivity index (χ2v) is 5.55. The molecule has 16 heavy (non-hydrogen) atoms. The molecule has 0 aromatic carbocycles. The van der Waals surface area contributed by atoms with Gasteiger partial charge < -0.3 is 4.90 Å². The van der Waals surface area contributed by atoms with E-state index < -0.39 is 0 Å². The Morgan fingerprint density at radius 1 is 1.62 bits per heavy atom. The van der Waals surface area contributed by atoms with E-state index in [1.807, 2.05) is 4.90 Å². The maximum atomic E-state index is 12.2. The SMILES string of the molecule is CC1CN(C(=O)c2ccnn2C)CCC1Br. The number of carbonyl (C=O) groups is 1. The third-order valence-electron chi connectivity index (χ3n) is 3.13. The van der Waals surface area contributed by atoms with Crippen molar-refractivity contribution in [2.75, 3.05) is 13.1 Å². The second-order valence-electron chi connectivity index (χ2n) is 4.37. The Bertz CT molecular complexity index is 390. The van der Waals surface area contributed by atoms with Crippen molar-refractivity contribution in [3.8, 4) is 0 Å². The predicted octanol–water partition coefficient (Wildman–Crippen LogP) is 1.67. The fourth-order valence-corrected chi connectivity index (χ4v) is 2.42. The lowest BCUT2D eigenvalue weighted by Gasteiger charge is -2.34.